The Balaban J connectivity index is 1.98. The highest BCUT2D eigenvalue weighted by Gasteiger charge is 2.22. The quantitative estimate of drug-likeness (QED) is 0.759. The van der Waals surface area contributed by atoms with Gasteiger partial charge in [0.05, 0.1) is 0 Å². The molecule has 0 aromatic heterocycles. The number of rotatable bonds is 4. The van der Waals surface area contributed by atoms with Crippen LogP contribution >= 0.6 is 0 Å². The monoisotopic (exact) mass is 259 g/mol. The van der Waals surface area contributed by atoms with Gasteiger partial charge in [-0.05, 0) is 48.3 Å². The van der Waals surface area contributed by atoms with Crippen molar-refractivity contribution in [3.63, 3.8) is 0 Å². The first-order chi connectivity index (χ1) is 9.06. The third kappa shape index (κ3) is 4.07. The number of benzene rings is 1. The zero-order valence-corrected chi connectivity index (χ0v) is 13.0. The Hall–Kier alpha value is -0.820. The van der Waals surface area contributed by atoms with Crippen LogP contribution in [-0.4, -0.2) is 18.0 Å². The molecule has 1 atom stereocenters. The van der Waals surface area contributed by atoms with Crippen molar-refractivity contribution >= 4 is 0 Å². The van der Waals surface area contributed by atoms with E-state index >= 15 is 0 Å². The smallest absolute Gasteiger partial charge is 0.0233 e. The highest BCUT2D eigenvalue weighted by molar-refractivity contribution is 5.25. The van der Waals surface area contributed by atoms with Crippen LogP contribution in [0, 0.1) is 11.8 Å². The molecule has 0 N–H and O–H groups in total. The van der Waals surface area contributed by atoms with Crippen LogP contribution < -0.4 is 0 Å². The minimum Gasteiger partial charge on any atom is -0.299 e. The summed E-state index contributed by atoms with van der Waals surface area (Å²) in [5, 5.41) is 0. The predicted octanol–water partition coefficient (Wildman–Crippen LogP) is 4.68. The molecule has 0 radical (unpaired) electrons. The lowest BCUT2D eigenvalue weighted by atomic mass is 9.87. The average Bonchev–Trinajstić information content (AvgIpc) is 2.39. The van der Waals surface area contributed by atoms with E-state index in [4.69, 9.17) is 0 Å². The van der Waals surface area contributed by atoms with Crippen molar-refractivity contribution in [2.24, 2.45) is 11.8 Å². The predicted molar refractivity (Wildman–Crippen MR) is 83.4 cm³/mol. The Morgan fingerprint density at radius 1 is 1.21 bits per heavy atom. The zero-order valence-electron chi connectivity index (χ0n) is 13.0. The first-order valence-electron chi connectivity index (χ1n) is 7.87. The van der Waals surface area contributed by atoms with E-state index in [9.17, 15) is 0 Å². The van der Waals surface area contributed by atoms with E-state index in [0.717, 1.165) is 18.4 Å². The lowest BCUT2D eigenvalue weighted by molar-refractivity contribution is 0.139. The maximum atomic E-state index is 2.65. The van der Waals surface area contributed by atoms with Crippen molar-refractivity contribution in [3.8, 4) is 0 Å². The largest absolute Gasteiger partial charge is 0.299 e. The molecule has 0 bridgehead atoms. The summed E-state index contributed by atoms with van der Waals surface area (Å²) in [6.45, 7) is 13.0. The summed E-state index contributed by atoms with van der Waals surface area (Å²) >= 11 is 0. The van der Waals surface area contributed by atoms with Gasteiger partial charge in [0.1, 0.15) is 0 Å². The van der Waals surface area contributed by atoms with Gasteiger partial charge in [0, 0.05) is 13.1 Å². The van der Waals surface area contributed by atoms with Crippen molar-refractivity contribution < 1.29 is 0 Å². The van der Waals surface area contributed by atoms with Gasteiger partial charge >= 0.3 is 0 Å². The molecule has 0 saturated carbocycles. The van der Waals surface area contributed by atoms with Crippen LogP contribution in [0.15, 0.2) is 24.3 Å². The maximum Gasteiger partial charge on any atom is 0.0233 e. The molecule has 0 spiro atoms. The molecule has 1 heteroatoms. The van der Waals surface area contributed by atoms with E-state index in [1.165, 1.54) is 37.1 Å². The van der Waals surface area contributed by atoms with Crippen LogP contribution in [0.25, 0.3) is 0 Å². The Labute approximate surface area is 119 Å². The highest BCUT2D eigenvalue weighted by atomic mass is 15.1. The topological polar surface area (TPSA) is 3.24 Å². The second-order valence-electron chi connectivity index (χ2n) is 6.78. The lowest BCUT2D eigenvalue weighted by Crippen LogP contribution is -2.36. The molecule has 19 heavy (non-hydrogen) atoms. The van der Waals surface area contributed by atoms with Gasteiger partial charge in [0.15, 0.2) is 0 Å². The third-order valence-electron chi connectivity index (χ3n) is 4.51. The zero-order chi connectivity index (χ0) is 13.8. The van der Waals surface area contributed by atoms with Crippen LogP contribution in [0.3, 0.4) is 0 Å². The SMILES string of the molecule is CC(C)c1cccc(CN2CCCC(C(C)C)C2)c1. The summed E-state index contributed by atoms with van der Waals surface area (Å²) in [4.78, 5) is 2.65. The van der Waals surface area contributed by atoms with E-state index in [0.29, 0.717) is 5.92 Å². The molecule has 1 unspecified atom stereocenters. The van der Waals surface area contributed by atoms with Gasteiger partial charge in [-0.15, -0.1) is 0 Å². The number of hydrogen-bond acceptors (Lipinski definition) is 1. The number of nitrogens with zero attached hydrogens (tertiary/aromatic N) is 1. The third-order valence-corrected chi connectivity index (χ3v) is 4.51. The van der Waals surface area contributed by atoms with Gasteiger partial charge in [-0.3, -0.25) is 4.90 Å². The minimum absolute atomic E-state index is 0.629. The summed E-state index contributed by atoms with van der Waals surface area (Å²) in [5.41, 5.74) is 2.95. The van der Waals surface area contributed by atoms with Crippen LogP contribution in [0.5, 0.6) is 0 Å². The Morgan fingerprint density at radius 2 is 2.00 bits per heavy atom. The molecule has 1 aromatic carbocycles. The van der Waals surface area contributed by atoms with E-state index in [2.05, 4.69) is 56.9 Å². The first-order valence-corrected chi connectivity index (χ1v) is 7.87. The summed E-state index contributed by atoms with van der Waals surface area (Å²) in [6, 6.07) is 9.14. The molecule has 1 fully saturated rings. The molecule has 1 aliphatic rings. The molecule has 0 amide bonds. The minimum atomic E-state index is 0.629. The van der Waals surface area contributed by atoms with Crippen LogP contribution in [-0.2, 0) is 6.54 Å². The van der Waals surface area contributed by atoms with Gasteiger partial charge in [0.25, 0.3) is 0 Å². The van der Waals surface area contributed by atoms with Gasteiger partial charge in [0.2, 0.25) is 0 Å². The summed E-state index contributed by atoms with van der Waals surface area (Å²) < 4.78 is 0. The average molecular weight is 259 g/mol. The van der Waals surface area contributed by atoms with Crippen LogP contribution in [0.4, 0.5) is 0 Å². The van der Waals surface area contributed by atoms with Crippen LogP contribution in [0.1, 0.15) is 57.6 Å². The fourth-order valence-corrected chi connectivity index (χ4v) is 3.09. The van der Waals surface area contributed by atoms with Crippen molar-refractivity contribution in [1.29, 1.82) is 0 Å². The summed E-state index contributed by atoms with van der Waals surface area (Å²) in [6.07, 6.45) is 2.78. The summed E-state index contributed by atoms with van der Waals surface area (Å²) in [7, 11) is 0. The molecule has 1 heterocycles. The Bertz CT molecular complexity index is 394. The van der Waals surface area contributed by atoms with Gasteiger partial charge in [-0.25, -0.2) is 0 Å². The molecule has 106 valence electrons. The van der Waals surface area contributed by atoms with Crippen molar-refractivity contribution in [3.05, 3.63) is 35.4 Å². The molecule has 1 aromatic rings. The van der Waals surface area contributed by atoms with E-state index in [1.54, 1.807) is 0 Å². The Kier molecular flexibility index (Phi) is 5.04. The fourth-order valence-electron chi connectivity index (χ4n) is 3.09. The summed E-state index contributed by atoms with van der Waals surface area (Å²) in [5.74, 6) is 2.34. The number of hydrogen-bond donors (Lipinski definition) is 0. The molecule has 1 nitrogen and oxygen atoms in total. The van der Waals surface area contributed by atoms with E-state index in [1.807, 2.05) is 0 Å². The highest BCUT2D eigenvalue weighted by Crippen LogP contribution is 2.25. The van der Waals surface area contributed by atoms with E-state index < -0.39 is 0 Å². The standard InChI is InChI=1S/C18H29N/c1-14(2)17-8-5-7-16(11-17)12-19-10-6-9-18(13-19)15(3)4/h5,7-8,11,14-15,18H,6,9-10,12-13H2,1-4H3. The van der Waals surface area contributed by atoms with Crippen molar-refractivity contribution in [2.45, 2.75) is 53.0 Å². The Morgan fingerprint density at radius 3 is 2.68 bits per heavy atom. The molecule has 1 saturated heterocycles. The van der Waals surface area contributed by atoms with Crippen molar-refractivity contribution in [2.75, 3.05) is 13.1 Å². The van der Waals surface area contributed by atoms with E-state index in [-0.39, 0.29) is 0 Å². The first kappa shape index (κ1) is 14.6. The van der Waals surface area contributed by atoms with Crippen molar-refractivity contribution in [1.82, 2.24) is 4.90 Å². The van der Waals surface area contributed by atoms with Crippen LogP contribution in [0.2, 0.25) is 0 Å². The lowest BCUT2D eigenvalue weighted by Gasteiger charge is -2.34. The molecule has 0 aliphatic carbocycles. The van der Waals surface area contributed by atoms with Gasteiger partial charge < -0.3 is 0 Å². The number of likely N-dealkylation sites (tertiary alicyclic amines) is 1. The number of piperidine rings is 1. The second-order valence-corrected chi connectivity index (χ2v) is 6.78. The molecule has 1 aliphatic heterocycles. The maximum absolute atomic E-state index is 2.65. The molecular weight excluding hydrogens is 230 g/mol. The van der Waals surface area contributed by atoms with Gasteiger partial charge in [-0.1, -0.05) is 52.0 Å². The fraction of sp³-hybridized carbons (Fsp3) is 0.667. The molecular formula is C18H29N. The normalized spacial score (nSPS) is 21.3. The molecule has 2 rings (SSSR count). The van der Waals surface area contributed by atoms with Gasteiger partial charge in [-0.2, -0.15) is 0 Å². The second kappa shape index (κ2) is 6.56.